The van der Waals surface area contributed by atoms with Crippen molar-refractivity contribution in [3.63, 3.8) is 0 Å². The summed E-state index contributed by atoms with van der Waals surface area (Å²) in [6.07, 6.45) is 1.64. The molecule has 24 heavy (non-hydrogen) atoms. The average Bonchev–Trinajstić information content (AvgIpc) is 2.58. The highest BCUT2D eigenvalue weighted by Gasteiger charge is 2.15. The fourth-order valence-corrected chi connectivity index (χ4v) is 3.62. The van der Waals surface area contributed by atoms with Gasteiger partial charge in [0, 0.05) is 18.8 Å². The van der Waals surface area contributed by atoms with Gasteiger partial charge in [0.15, 0.2) is 9.84 Å². The van der Waals surface area contributed by atoms with Gasteiger partial charge in [-0.15, -0.1) is 0 Å². The molecule has 0 aliphatic carbocycles. The van der Waals surface area contributed by atoms with Crippen LogP contribution in [0.15, 0.2) is 58.4 Å². The Balaban J connectivity index is 2.34. The number of halogens is 1. The number of hydrogen-bond donors (Lipinski definition) is 0. The van der Waals surface area contributed by atoms with Gasteiger partial charge >= 0.3 is 0 Å². The van der Waals surface area contributed by atoms with E-state index in [1.54, 1.807) is 50.5 Å². The van der Waals surface area contributed by atoms with Crippen molar-refractivity contribution >= 4 is 20.6 Å². The number of aryl methyl sites for hydroxylation is 1. The largest absolute Gasteiger partial charge is 0.317 e. The Bertz CT molecular complexity index is 1100. The lowest BCUT2D eigenvalue weighted by Crippen LogP contribution is -2.16. The van der Waals surface area contributed by atoms with Crippen LogP contribution in [0.3, 0.4) is 0 Å². The fraction of sp³-hybridized carbons (Fsp3) is 0.167. The molecule has 6 heteroatoms. The predicted molar refractivity (Wildman–Crippen MR) is 92.3 cm³/mol. The quantitative estimate of drug-likeness (QED) is 0.733. The molecule has 0 amide bonds. The van der Waals surface area contributed by atoms with Crippen molar-refractivity contribution < 1.29 is 12.8 Å². The summed E-state index contributed by atoms with van der Waals surface area (Å²) >= 11 is 0. The Morgan fingerprint density at radius 3 is 2.54 bits per heavy atom. The molecule has 0 spiro atoms. The molecule has 0 bridgehead atoms. The summed E-state index contributed by atoms with van der Waals surface area (Å²) in [5.74, 6) is -0.477. The molecule has 0 unspecified atom stereocenters. The second-order valence-electron chi connectivity index (χ2n) is 5.58. The van der Waals surface area contributed by atoms with Gasteiger partial charge in [-0.2, -0.15) is 0 Å². The standard InChI is InChI=1S/C18H16FNO3S/c1-3-24(22,23)14-6-4-5-12(9-14)17-11-20(2)18(21)16-10-13(19)7-8-15(16)17/h4-11H,3H2,1-2H3. The van der Waals surface area contributed by atoms with Crippen molar-refractivity contribution in [2.75, 3.05) is 5.75 Å². The molecule has 2 aromatic carbocycles. The molecule has 0 radical (unpaired) electrons. The molecule has 0 aliphatic heterocycles. The van der Waals surface area contributed by atoms with Gasteiger partial charge in [-0.3, -0.25) is 4.79 Å². The number of benzene rings is 2. The van der Waals surface area contributed by atoms with Gasteiger partial charge < -0.3 is 4.57 Å². The normalized spacial score (nSPS) is 11.8. The first kappa shape index (κ1) is 16.4. The van der Waals surface area contributed by atoms with Crippen LogP contribution in [0, 0.1) is 5.82 Å². The van der Waals surface area contributed by atoms with Gasteiger partial charge in [0.05, 0.1) is 16.0 Å². The lowest BCUT2D eigenvalue weighted by molar-refractivity contribution is 0.597. The van der Waals surface area contributed by atoms with E-state index >= 15 is 0 Å². The van der Waals surface area contributed by atoms with E-state index in [4.69, 9.17) is 0 Å². The molecule has 124 valence electrons. The van der Waals surface area contributed by atoms with Gasteiger partial charge in [0.2, 0.25) is 0 Å². The summed E-state index contributed by atoms with van der Waals surface area (Å²) in [4.78, 5) is 12.5. The van der Waals surface area contributed by atoms with Crippen LogP contribution < -0.4 is 5.56 Å². The average molecular weight is 345 g/mol. The van der Waals surface area contributed by atoms with Crippen LogP contribution in [0.4, 0.5) is 4.39 Å². The van der Waals surface area contributed by atoms with Crippen LogP contribution in [-0.2, 0) is 16.9 Å². The van der Waals surface area contributed by atoms with E-state index < -0.39 is 15.7 Å². The highest BCUT2D eigenvalue weighted by atomic mass is 32.2. The number of rotatable bonds is 3. The Hall–Kier alpha value is -2.47. The monoisotopic (exact) mass is 345 g/mol. The molecule has 0 N–H and O–H groups in total. The van der Waals surface area contributed by atoms with Crippen LogP contribution in [0.1, 0.15) is 6.92 Å². The minimum atomic E-state index is -3.34. The SMILES string of the molecule is CCS(=O)(=O)c1cccc(-c2cn(C)c(=O)c3cc(F)ccc23)c1. The fourth-order valence-electron chi connectivity index (χ4n) is 2.69. The minimum absolute atomic E-state index is 0.00961. The molecule has 3 rings (SSSR count). The lowest BCUT2D eigenvalue weighted by atomic mass is 10.0. The lowest BCUT2D eigenvalue weighted by Gasteiger charge is -2.11. The van der Waals surface area contributed by atoms with E-state index in [0.29, 0.717) is 16.5 Å². The van der Waals surface area contributed by atoms with Gasteiger partial charge in [0.25, 0.3) is 5.56 Å². The maximum atomic E-state index is 13.5. The van der Waals surface area contributed by atoms with Crippen molar-refractivity contribution in [3.8, 4) is 11.1 Å². The van der Waals surface area contributed by atoms with Crippen LogP contribution in [0.5, 0.6) is 0 Å². The zero-order chi connectivity index (χ0) is 17.5. The summed E-state index contributed by atoms with van der Waals surface area (Å²) in [5, 5.41) is 0.851. The van der Waals surface area contributed by atoms with Gasteiger partial charge in [-0.05, 0) is 35.2 Å². The Labute approximate surface area is 139 Å². The first-order chi connectivity index (χ1) is 11.3. The highest BCUT2D eigenvalue weighted by Crippen LogP contribution is 2.29. The second kappa shape index (κ2) is 5.87. The van der Waals surface area contributed by atoms with Crippen molar-refractivity contribution in [2.45, 2.75) is 11.8 Å². The molecule has 1 heterocycles. The third-order valence-electron chi connectivity index (χ3n) is 4.03. The van der Waals surface area contributed by atoms with Crippen LogP contribution in [0.2, 0.25) is 0 Å². The van der Waals surface area contributed by atoms with Gasteiger partial charge in [0.1, 0.15) is 5.82 Å². The maximum Gasteiger partial charge on any atom is 0.258 e. The number of aromatic nitrogens is 1. The smallest absolute Gasteiger partial charge is 0.258 e. The van der Waals surface area contributed by atoms with Gasteiger partial charge in [-0.25, -0.2) is 12.8 Å². The topological polar surface area (TPSA) is 56.1 Å². The molecule has 0 saturated heterocycles. The minimum Gasteiger partial charge on any atom is -0.317 e. The van der Waals surface area contributed by atoms with E-state index in [1.165, 1.54) is 16.7 Å². The molecule has 0 fully saturated rings. The summed E-state index contributed by atoms with van der Waals surface area (Å²) < 4.78 is 39.1. The number of sulfone groups is 1. The van der Waals surface area contributed by atoms with E-state index in [1.807, 2.05) is 0 Å². The number of fused-ring (bicyclic) bond motifs is 1. The van der Waals surface area contributed by atoms with Crippen molar-refractivity contribution in [2.24, 2.45) is 7.05 Å². The van der Waals surface area contributed by atoms with E-state index in [9.17, 15) is 17.6 Å². The zero-order valence-electron chi connectivity index (χ0n) is 13.3. The Kier molecular flexibility index (Phi) is 4.01. The summed E-state index contributed by atoms with van der Waals surface area (Å²) in [6.45, 7) is 1.59. The summed E-state index contributed by atoms with van der Waals surface area (Å²) in [5.41, 5.74) is 1.04. The molecule has 0 aliphatic rings. The summed E-state index contributed by atoms with van der Waals surface area (Å²) in [7, 11) is -1.75. The van der Waals surface area contributed by atoms with Crippen LogP contribution in [0.25, 0.3) is 21.9 Å². The summed E-state index contributed by atoms with van der Waals surface area (Å²) in [6, 6.07) is 10.6. The van der Waals surface area contributed by atoms with E-state index in [-0.39, 0.29) is 21.6 Å². The molecule has 3 aromatic rings. The Morgan fingerprint density at radius 1 is 1.08 bits per heavy atom. The molecule has 0 atom stereocenters. The number of pyridine rings is 1. The zero-order valence-corrected chi connectivity index (χ0v) is 14.1. The molecule has 4 nitrogen and oxygen atoms in total. The second-order valence-corrected chi connectivity index (χ2v) is 7.86. The molecular weight excluding hydrogens is 329 g/mol. The van der Waals surface area contributed by atoms with Crippen molar-refractivity contribution in [1.82, 2.24) is 4.57 Å². The highest BCUT2D eigenvalue weighted by molar-refractivity contribution is 7.91. The number of hydrogen-bond acceptors (Lipinski definition) is 3. The van der Waals surface area contributed by atoms with Crippen LogP contribution >= 0.6 is 0 Å². The molecule has 1 aromatic heterocycles. The number of nitrogens with zero attached hydrogens (tertiary/aromatic N) is 1. The first-order valence-corrected chi connectivity index (χ1v) is 9.11. The Morgan fingerprint density at radius 2 is 1.83 bits per heavy atom. The predicted octanol–water partition coefficient (Wildman–Crippen LogP) is 3.14. The van der Waals surface area contributed by atoms with Crippen molar-refractivity contribution in [3.05, 3.63) is 64.8 Å². The molecule has 0 saturated carbocycles. The third-order valence-corrected chi connectivity index (χ3v) is 5.76. The van der Waals surface area contributed by atoms with Crippen LogP contribution in [-0.4, -0.2) is 18.7 Å². The van der Waals surface area contributed by atoms with Gasteiger partial charge in [-0.1, -0.05) is 25.1 Å². The van der Waals surface area contributed by atoms with Crippen molar-refractivity contribution in [1.29, 1.82) is 0 Å². The molecular formula is C18H16FNO3S. The third kappa shape index (κ3) is 2.73. The first-order valence-electron chi connectivity index (χ1n) is 7.45. The maximum absolute atomic E-state index is 13.5. The van der Waals surface area contributed by atoms with E-state index in [2.05, 4.69) is 0 Å². The van der Waals surface area contributed by atoms with E-state index in [0.717, 1.165) is 0 Å².